The lowest BCUT2D eigenvalue weighted by Gasteiger charge is -2.27. The first-order valence-electron chi connectivity index (χ1n) is 11.3. The van der Waals surface area contributed by atoms with E-state index in [1.165, 1.54) is 67.8 Å². The molecule has 0 radical (unpaired) electrons. The van der Waals surface area contributed by atoms with Crippen molar-refractivity contribution in [1.82, 2.24) is 0 Å². The van der Waals surface area contributed by atoms with E-state index in [4.69, 9.17) is 4.99 Å². The molecule has 1 aromatic heterocycles. The van der Waals surface area contributed by atoms with Crippen LogP contribution in [0.2, 0.25) is 0 Å². The topological polar surface area (TPSA) is 37.1 Å². The fourth-order valence-electron chi connectivity index (χ4n) is 5.05. The number of halogens is 1. The van der Waals surface area contributed by atoms with E-state index in [-0.39, 0.29) is 18.3 Å². The smallest absolute Gasteiger partial charge is 0.249 e. The fourth-order valence-corrected chi connectivity index (χ4v) is 6.48. The van der Waals surface area contributed by atoms with Crippen LogP contribution in [0.1, 0.15) is 53.7 Å². The first-order valence-corrected chi connectivity index (χ1v) is 12.1. The van der Waals surface area contributed by atoms with Crippen molar-refractivity contribution in [2.75, 3.05) is 37.6 Å². The Morgan fingerprint density at radius 2 is 1.80 bits per heavy atom. The van der Waals surface area contributed by atoms with Gasteiger partial charge in [-0.3, -0.25) is 14.7 Å². The van der Waals surface area contributed by atoms with Crippen molar-refractivity contribution in [3.8, 4) is 0 Å². The number of nitrogens with zero attached hydrogens (tertiary/aromatic N) is 2. The van der Waals surface area contributed by atoms with Crippen molar-refractivity contribution in [3.63, 3.8) is 0 Å². The molecule has 6 heteroatoms. The Bertz CT molecular complexity index is 960. The standard InChI is InChI=1S/C24H28FN3OS/c25-18-10-8-17(9-11-18)23-22-19-6-2-3-7-20(19)30-24(22)28(21(29)16-26-23)15-14-27-12-4-1-5-13-27/h8-11H,1-7,12-16H2/p+1. The number of hydrogen-bond donors (Lipinski definition) is 1. The number of nitrogens with one attached hydrogen (secondary N) is 1. The average molecular weight is 427 g/mol. The van der Waals surface area contributed by atoms with Gasteiger partial charge in [-0.2, -0.15) is 0 Å². The fraction of sp³-hybridized carbons (Fsp3) is 0.500. The third-order valence-corrected chi connectivity index (χ3v) is 7.99. The summed E-state index contributed by atoms with van der Waals surface area (Å²) >= 11 is 1.79. The number of benzene rings is 1. The molecule has 5 rings (SSSR count). The first-order chi connectivity index (χ1) is 14.7. The van der Waals surface area contributed by atoms with Crippen molar-refractivity contribution in [3.05, 3.63) is 51.7 Å². The van der Waals surface area contributed by atoms with Gasteiger partial charge in [0, 0.05) is 16.0 Å². The lowest BCUT2D eigenvalue weighted by molar-refractivity contribution is -0.903. The summed E-state index contributed by atoms with van der Waals surface area (Å²) in [5.41, 5.74) is 4.28. The summed E-state index contributed by atoms with van der Waals surface area (Å²) in [6.07, 6.45) is 8.44. The molecule has 158 valence electrons. The molecule has 1 aromatic carbocycles. The van der Waals surface area contributed by atoms with Gasteiger partial charge in [0.25, 0.3) is 0 Å². The molecule has 0 saturated carbocycles. The van der Waals surface area contributed by atoms with Gasteiger partial charge < -0.3 is 4.90 Å². The van der Waals surface area contributed by atoms with Crippen LogP contribution in [0.25, 0.3) is 0 Å². The van der Waals surface area contributed by atoms with Gasteiger partial charge in [0.1, 0.15) is 17.4 Å². The van der Waals surface area contributed by atoms with E-state index >= 15 is 0 Å². The van der Waals surface area contributed by atoms with Crippen molar-refractivity contribution in [2.24, 2.45) is 4.99 Å². The number of carbonyl (C=O) groups excluding carboxylic acids is 1. The van der Waals surface area contributed by atoms with Crippen LogP contribution in [0.3, 0.4) is 0 Å². The van der Waals surface area contributed by atoms with Crippen LogP contribution in [0.5, 0.6) is 0 Å². The van der Waals surface area contributed by atoms with Gasteiger partial charge in [-0.15, -0.1) is 11.3 Å². The second-order valence-corrected chi connectivity index (χ2v) is 9.75. The summed E-state index contributed by atoms with van der Waals surface area (Å²) < 4.78 is 13.5. The maximum absolute atomic E-state index is 13.5. The number of carbonyl (C=O) groups is 1. The minimum atomic E-state index is -0.247. The highest BCUT2D eigenvalue weighted by Gasteiger charge is 2.33. The third kappa shape index (κ3) is 3.83. The quantitative estimate of drug-likeness (QED) is 0.802. The second kappa shape index (κ2) is 8.60. The number of hydrogen-bond acceptors (Lipinski definition) is 3. The van der Waals surface area contributed by atoms with Crippen molar-refractivity contribution in [1.29, 1.82) is 0 Å². The molecule has 1 N–H and O–H groups in total. The molecule has 0 spiro atoms. The number of aliphatic imine (C=N–C) groups is 1. The largest absolute Gasteiger partial charge is 0.333 e. The highest BCUT2D eigenvalue weighted by molar-refractivity contribution is 7.17. The number of thiophene rings is 1. The Balaban J connectivity index is 1.53. The number of amides is 1. The van der Waals surface area contributed by atoms with Crippen LogP contribution in [-0.2, 0) is 17.6 Å². The van der Waals surface area contributed by atoms with Crippen LogP contribution in [0.15, 0.2) is 29.3 Å². The molecule has 3 heterocycles. The van der Waals surface area contributed by atoms with Crippen LogP contribution >= 0.6 is 11.3 Å². The molecular weight excluding hydrogens is 397 g/mol. The van der Waals surface area contributed by atoms with Gasteiger partial charge in [-0.05, 0) is 74.8 Å². The summed E-state index contributed by atoms with van der Waals surface area (Å²) in [5, 5.41) is 1.07. The maximum Gasteiger partial charge on any atom is 0.249 e. The summed E-state index contributed by atoms with van der Waals surface area (Å²) in [5.74, 6) is -0.161. The molecular formula is C24H29FN3OS+. The first kappa shape index (κ1) is 19.9. The minimum absolute atomic E-state index is 0.0865. The van der Waals surface area contributed by atoms with Crippen molar-refractivity contribution in [2.45, 2.75) is 44.9 Å². The molecule has 1 fully saturated rings. The van der Waals surface area contributed by atoms with E-state index in [9.17, 15) is 9.18 Å². The molecule has 1 amide bonds. The van der Waals surface area contributed by atoms with Gasteiger partial charge in [-0.1, -0.05) is 0 Å². The Kier molecular flexibility index (Phi) is 5.70. The van der Waals surface area contributed by atoms with E-state index in [0.29, 0.717) is 0 Å². The predicted octanol–water partition coefficient (Wildman–Crippen LogP) is 3.02. The normalized spacial score (nSPS) is 19.8. The maximum atomic E-state index is 13.5. The second-order valence-electron chi connectivity index (χ2n) is 8.67. The monoisotopic (exact) mass is 426 g/mol. The number of aryl methyl sites for hydroxylation is 1. The molecule has 30 heavy (non-hydrogen) atoms. The van der Waals surface area contributed by atoms with Crippen LogP contribution in [-0.4, -0.2) is 44.3 Å². The zero-order valence-electron chi connectivity index (χ0n) is 17.4. The number of piperidine rings is 1. The Labute approximate surface area is 181 Å². The van der Waals surface area contributed by atoms with E-state index in [0.717, 1.165) is 47.8 Å². The number of likely N-dealkylation sites (tertiary alicyclic amines) is 1. The number of anilines is 1. The summed E-state index contributed by atoms with van der Waals surface area (Å²) in [6.45, 7) is 4.35. The third-order valence-electron chi connectivity index (χ3n) is 6.68. The lowest BCUT2D eigenvalue weighted by atomic mass is 9.91. The van der Waals surface area contributed by atoms with E-state index in [1.54, 1.807) is 28.4 Å². The molecule has 1 aliphatic carbocycles. The Morgan fingerprint density at radius 1 is 1.03 bits per heavy atom. The van der Waals surface area contributed by atoms with Gasteiger partial charge in [-0.25, -0.2) is 4.39 Å². The molecule has 0 unspecified atom stereocenters. The zero-order valence-corrected chi connectivity index (χ0v) is 18.2. The molecule has 1 saturated heterocycles. The zero-order chi connectivity index (χ0) is 20.5. The van der Waals surface area contributed by atoms with Gasteiger partial charge in [0.15, 0.2) is 0 Å². The van der Waals surface area contributed by atoms with Gasteiger partial charge in [0.05, 0.1) is 31.9 Å². The van der Waals surface area contributed by atoms with E-state index in [1.807, 2.05) is 4.90 Å². The molecule has 4 nitrogen and oxygen atoms in total. The molecule has 0 atom stereocenters. The summed E-state index contributed by atoms with van der Waals surface area (Å²) in [6, 6.07) is 6.56. The summed E-state index contributed by atoms with van der Waals surface area (Å²) in [4.78, 5) is 23.0. The van der Waals surface area contributed by atoms with Crippen LogP contribution < -0.4 is 9.80 Å². The van der Waals surface area contributed by atoms with Crippen molar-refractivity contribution < 1.29 is 14.1 Å². The number of quaternary nitrogens is 1. The van der Waals surface area contributed by atoms with E-state index in [2.05, 4.69) is 0 Å². The molecule has 0 bridgehead atoms. The molecule has 3 aliphatic rings. The van der Waals surface area contributed by atoms with Crippen molar-refractivity contribution >= 4 is 28.0 Å². The lowest BCUT2D eigenvalue weighted by Crippen LogP contribution is -3.13. The number of rotatable bonds is 4. The Morgan fingerprint density at radius 3 is 2.60 bits per heavy atom. The van der Waals surface area contributed by atoms with Crippen LogP contribution in [0.4, 0.5) is 9.39 Å². The Hall–Kier alpha value is -2.05. The minimum Gasteiger partial charge on any atom is -0.333 e. The van der Waals surface area contributed by atoms with Gasteiger partial charge in [0.2, 0.25) is 5.91 Å². The van der Waals surface area contributed by atoms with Gasteiger partial charge >= 0.3 is 0 Å². The number of fused-ring (bicyclic) bond motifs is 3. The SMILES string of the molecule is O=C1CN=C(c2ccc(F)cc2)c2c(sc3c2CCCC3)N1CC[NH+]1CCCCC1. The molecule has 2 aliphatic heterocycles. The highest BCUT2D eigenvalue weighted by atomic mass is 32.1. The summed E-state index contributed by atoms with van der Waals surface area (Å²) in [7, 11) is 0. The predicted molar refractivity (Wildman–Crippen MR) is 120 cm³/mol. The van der Waals surface area contributed by atoms with E-state index < -0.39 is 0 Å². The average Bonchev–Trinajstić information content (AvgIpc) is 3.09. The van der Waals surface area contributed by atoms with Crippen LogP contribution in [0, 0.1) is 5.82 Å². The highest BCUT2D eigenvalue weighted by Crippen LogP contribution is 2.42. The molecule has 2 aromatic rings.